The Hall–Kier alpha value is -7.94. The molecule has 2 nitrogen and oxygen atoms in total. The van der Waals surface area contributed by atoms with E-state index in [1.807, 2.05) is 0 Å². The summed E-state index contributed by atoms with van der Waals surface area (Å²) in [7, 11) is 0. The molecule has 2 heteroatoms. The highest BCUT2D eigenvalue weighted by Gasteiger charge is 2.51. The minimum absolute atomic E-state index is 0.472. The van der Waals surface area contributed by atoms with Crippen LogP contribution in [0.15, 0.2) is 229 Å². The topological polar surface area (TPSA) is 16.4 Å². The molecule has 0 fully saturated rings. The van der Waals surface area contributed by atoms with Crippen molar-refractivity contribution < 1.29 is 4.42 Å². The normalized spacial score (nSPS) is 13.0. The highest BCUT2D eigenvalue weighted by Crippen LogP contribution is 2.63. The lowest BCUT2D eigenvalue weighted by Crippen LogP contribution is -2.26. The molecule has 13 rings (SSSR count). The van der Waals surface area contributed by atoms with Crippen LogP contribution in [0.25, 0.3) is 77.2 Å². The molecule has 0 N–H and O–H groups in total. The molecule has 0 atom stereocenters. The van der Waals surface area contributed by atoms with Crippen molar-refractivity contribution in [2.75, 3.05) is 4.90 Å². The third-order valence-corrected chi connectivity index (χ3v) is 13.2. The summed E-state index contributed by atoms with van der Waals surface area (Å²) in [6.07, 6.45) is 0. The average Bonchev–Trinajstić information content (AvgIpc) is 3.95. The average molecular weight is 776 g/mol. The fourth-order valence-electron chi connectivity index (χ4n) is 10.6. The maximum atomic E-state index is 6.91. The van der Waals surface area contributed by atoms with Crippen molar-refractivity contribution in [3.05, 3.63) is 247 Å². The summed E-state index contributed by atoms with van der Waals surface area (Å²) in [5.41, 5.74) is 19.5. The molecule has 0 aliphatic heterocycles. The molecule has 0 radical (unpaired) electrons. The fraction of sp³-hybridized carbons (Fsp3) is 0.0169. The first-order valence-corrected chi connectivity index (χ1v) is 21.1. The van der Waals surface area contributed by atoms with Crippen molar-refractivity contribution in [3.63, 3.8) is 0 Å². The van der Waals surface area contributed by atoms with Gasteiger partial charge < -0.3 is 9.32 Å². The van der Waals surface area contributed by atoms with Gasteiger partial charge >= 0.3 is 0 Å². The maximum Gasteiger partial charge on any atom is 0.138 e. The molecule has 0 unspecified atom stereocenters. The molecular weight excluding hydrogens is 739 g/mol. The van der Waals surface area contributed by atoms with Crippen molar-refractivity contribution in [1.29, 1.82) is 0 Å². The first-order chi connectivity index (χ1) is 30.2. The van der Waals surface area contributed by atoms with Gasteiger partial charge in [-0.15, -0.1) is 0 Å². The number of hydrogen-bond acceptors (Lipinski definition) is 2. The zero-order valence-corrected chi connectivity index (χ0v) is 33.2. The first-order valence-electron chi connectivity index (χ1n) is 21.1. The highest BCUT2D eigenvalue weighted by molar-refractivity contribution is 6.17. The Bertz CT molecular complexity index is 3460. The number of benzene rings is 10. The van der Waals surface area contributed by atoms with E-state index >= 15 is 0 Å². The number of hydrogen-bond donors (Lipinski definition) is 0. The molecule has 284 valence electrons. The van der Waals surface area contributed by atoms with Crippen LogP contribution in [-0.4, -0.2) is 0 Å². The van der Waals surface area contributed by atoms with Gasteiger partial charge in [0.1, 0.15) is 11.2 Å². The van der Waals surface area contributed by atoms with E-state index in [1.54, 1.807) is 0 Å². The second-order valence-electron chi connectivity index (χ2n) is 16.4. The van der Waals surface area contributed by atoms with Crippen molar-refractivity contribution in [2.45, 2.75) is 5.41 Å². The summed E-state index contributed by atoms with van der Waals surface area (Å²) in [6, 6.07) is 82.3. The van der Waals surface area contributed by atoms with Crippen molar-refractivity contribution in [1.82, 2.24) is 0 Å². The Kier molecular flexibility index (Phi) is 7.26. The molecule has 10 aromatic carbocycles. The van der Waals surface area contributed by atoms with Gasteiger partial charge in [-0.2, -0.15) is 0 Å². The first kappa shape index (κ1) is 34.0. The summed E-state index contributed by atoms with van der Waals surface area (Å²) in [5.74, 6) is 0. The molecule has 61 heavy (non-hydrogen) atoms. The van der Waals surface area contributed by atoms with Crippen LogP contribution < -0.4 is 4.90 Å². The third-order valence-electron chi connectivity index (χ3n) is 13.2. The third kappa shape index (κ3) is 4.91. The summed E-state index contributed by atoms with van der Waals surface area (Å²) in [6.45, 7) is 0. The smallest absolute Gasteiger partial charge is 0.138 e. The number of anilines is 3. The van der Waals surface area contributed by atoms with E-state index in [9.17, 15) is 0 Å². The van der Waals surface area contributed by atoms with E-state index in [4.69, 9.17) is 4.42 Å². The van der Waals surface area contributed by atoms with E-state index in [2.05, 4.69) is 229 Å². The van der Waals surface area contributed by atoms with E-state index in [0.717, 1.165) is 55.5 Å². The number of rotatable bonds is 5. The van der Waals surface area contributed by atoms with Crippen molar-refractivity contribution >= 4 is 49.8 Å². The minimum atomic E-state index is -0.472. The van der Waals surface area contributed by atoms with Gasteiger partial charge in [-0.05, 0) is 126 Å². The van der Waals surface area contributed by atoms with Crippen LogP contribution in [0.5, 0.6) is 0 Å². The van der Waals surface area contributed by atoms with Gasteiger partial charge in [0.2, 0.25) is 0 Å². The van der Waals surface area contributed by atoms with E-state index in [-0.39, 0.29) is 0 Å². The zero-order chi connectivity index (χ0) is 40.1. The van der Waals surface area contributed by atoms with Gasteiger partial charge in [0.25, 0.3) is 0 Å². The Morgan fingerprint density at radius 1 is 0.328 bits per heavy atom. The molecule has 11 aromatic rings. The Morgan fingerprint density at radius 2 is 0.820 bits per heavy atom. The van der Waals surface area contributed by atoms with Gasteiger partial charge in [-0.3, -0.25) is 0 Å². The van der Waals surface area contributed by atoms with E-state index in [0.29, 0.717) is 0 Å². The molecule has 1 spiro atoms. The molecule has 2 aliphatic carbocycles. The Labute approximate surface area is 354 Å². The maximum absolute atomic E-state index is 6.91. The Morgan fingerprint density at radius 3 is 1.44 bits per heavy atom. The monoisotopic (exact) mass is 775 g/mol. The molecule has 0 saturated heterocycles. The van der Waals surface area contributed by atoms with Crippen LogP contribution in [0.3, 0.4) is 0 Å². The summed E-state index contributed by atoms with van der Waals surface area (Å²) in [5, 5.41) is 4.53. The summed E-state index contributed by atoms with van der Waals surface area (Å²) >= 11 is 0. The number of furan rings is 1. The summed E-state index contributed by atoms with van der Waals surface area (Å²) in [4.78, 5) is 2.47. The quantitative estimate of drug-likeness (QED) is 0.173. The lowest BCUT2D eigenvalue weighted by Gasteiger charge is -2.32. The van der Waals surface area contributed by atoms with Crippen LogP contribution in [0, 0.1) is 0 Å². The van der Waals surface area contributed by atoms with Crippen LogP contribution >= 0.6 is 0 Å². The molecule has 0 bridgehead atoms. The standard InChI is InChI=1S/C59H37NO/c1-3-15-38(16-4-1)40-27-29-44(30-28-40)60(55-34-43(39-17-5-2-6-18-39)36-57-58(55)50-33-41-19-7-8-20-42(41)35-56(50)61-57)45-31-32-49-48-23-11-14-26-53(48)59(54(49)37-45)51-24-12-9-21-46(51)47-22-10-13-25-52(47)59/h1-37H. The largest absolute Gasteiger partial charge is 0.456 e. The van der Waals surface area contributed by atoms with Gasteiger partial charge in [-0.1, -0.05) is 176 Å². The van der Waals surface area contributed by atoms with Gasteiger partial charge in [0.15, 0.2) is 0 Å². The predicted molar refractivity (Wildman–Crippen MR) is 253 cm³/mol. The van der Waals surface area contributed by atoms with Gasteiger partial charge in [-0.25, -0.2) is 0 Å². The van der Waals surface area contributed by atoms with Crippen LogP contribution in [0.2, 0.25) is 0 Å². The van der Waals surface area contributed by atoms with Crippen LogP contribution in [0.1, 0.15) is 22.3 Å². The molecule has 0 saturated carbocycles. The minimum Gasteiger partial charge on any atom is -0.456 e. The molecule has 0 amide bonds. The summed E-state index contributed by atoms with van der Waals surface area (Å²) < 4.78 is 6.91. The SMILES string of the molecule is c1ccc(-c2ccc(N(c3ccc4c(c3)C3(c5ccccc5-c5ccccc53)c3ccccc3-4)c3cc(-c4ccccc4)cc4oc5cc6ccccc6cc5c34)cc2)cc1. The molecule has 1 aromatic heterocycles. The molecule has 2 aliphatic rings. The van der Waals surface area contributed by atoms with Crippen LogP contribution in [0.4, 0.5) is 17.1 Å². The van der Waals surface area contributed by atoms with Crippen molar-refractivity contribution in [3.8, 4) is 44.5 Å². The van der Waals surface area contributed by atoms with E-state index < -0.39 is 5.41 Å². The highest BCUT2D eigenvalue weighted by atomic mass is 16.3. The predicted octanol–water partition coefficient (Wildman–Crippen LogP) is 15.9. The van der Waals surface area contributed by atoms with E-state index in [1.165, 1.54) is 61.0 Å². The lowest BCUT2D eigenvalue weighted by atomic mass is 9.70. The molecular formula is C59H37NO. The second kappa shape index (κ2) is 13.0. The second-order valence-corrected chi connectivity index (χ2v) is 16.4. The van der Waals surface area contributed by atoms with Gasteiger partial charge in [0, 0.05) is 16.8 Å². The van der Waals surface area contributed by atoms with Crippen molar-refractivity contribution in [2.24, 2.45) is 0 Å². The Balaban J connectivity index is 1.12. The number of nitrogens with zero attached hydrogens (tertiary/aromatic N) is 1. The number of fused-ring (bicyclic) bond motifs is 14. The zero-order valence-electron chi connectivity index (χ0n) is 33.2. The molecule has 1 heterocycles. The van der Waals surface area contributed by atoms with Crippen LogP contribution in [-0.2, 0) is 5.41 Å². The van der Waals surface area contributed by atoms with Gasteiger partial charge in [0.05, 0.1) is 16.5 Å². The fourth-order valence-corrected chi connectivity index (χ4v) is 10.6. The lowest BCUT2D eigenvalue weighted by molar-refractivity contribution is 0.669.